The maximum absolute atomic E-state index is 12.1. The largest absolute Gasteiger partial charge is 0.322 e. The molecule has 7 heteroatoms. The summed E-state index contributed by atoms with van der Waals surface area (Å²) in [6, 6.07) is 5.49. The Labute approximate surface area is 132 Å². The zero-order valence-corrected chi connectivity index (χ0v) is 13.6. The molecular formula is C12H16BrCl2N3O. The van der Waals surface area contributed by atoms with Crippen LogP contribution in [0.25, 0.3) is 0 Å². The molecule has 0 aliphatic carbocycles. The van der Waals surface area contributed by atoms with Crippen molar-refractivity contribution in [2.75, 3.05) is 25.0 Å². The van der Waals surface area contributed by atoms with Crippen molar-refractivity contribution in [2.24, 2.45) is 0 Å². The Balaban J connectivity index is 0.00000180. The van der Waals surface area contributed by atoms with Crippen LogP contribution in [0.4, 0.5) is 10.5 Å². The lowest BCUT2D eigenvalue weighted by Crippen LogP contribution is -2.53. The van der Waals surface area contributed by atoms with Crippen LogP contribution in [0.15, 0.2) is 22.7 Å². The topological polar surface area (TPSA) is 44.4 Å². The van der Waals surface area contributed by atoms with Crippen LogP contribution < -0.4 is 10.6 Å². The predicted octanol–water partition coefficient (Wildman–Crippen LogP) is 3.35. The average Bonchev–Trinajstić information content (AvgIpc) is 2.33. The fourth-order valence-electron chi connectivity index (χ4n) is 1.92. The molecule has 0 radical (unpaired) electrons. The number of carbonyl (C=O) groups excluding carboxylic acids is 1. The number of amides is 2. The first kappa shape index (κ1) is 16.6. The van der Waals surface area contributed by atoms with Crippen LogP contribution in [0, 0.1) is 0 Å². The molecule has 1 atom stereocenters. The van der Waals surface area contributed by atoms with E-state index >= 15 is 0 Å². The van der Waals surface area contributed by atoms with Gasteiger partial charge in [0.2, 0.25) is 0 Å². The SMILES string of the molecule is C[C@H]1CNCCN1C(=O)Nc1ccc(Br)cc1Cl.Cl. The molecule has 1 aromatic carbocycles. The van der Waals surface area contributed by atoms with Crippen molar-refractivity contribution in [3.63, 3.8) is 0 Å². The van der Waals surface area contributed by atoms with Crippen LogP contribution >= 0.6 is 39.9 Å². The highest BCUT2D eigenvalue weighted by Gasteiger charge is 2.23. The summed E-state index contributed by atoms with van der Waals surface area (Å²) in [6.07, 6.45) is 0. The Hall–Kier alpha value is -0.490. The van der Waals surface area contributed by atoms with E-state index in [-0.39, 0.29) is 24.5 Å². The molecule has 19 heavy (non-hydrogen) atoms. The van der Waals surface area contributed by atoms with Crippen molar-refractivity contribution in [1.82, 2.24) is 10.2 Å². The molecule has 0 bridgehead atoms. The zero-order chi connectivity index (χ0) is 13.1. The lowest BCUT2D eigenvalue weighted by atomic mass is 10.2. The highest BCUT2D eigenvalue weighted by Crippen LogP contribution is 2.26. The van der Waals surface area contributed by atoms with E-state index in [1.807, 2.05) is 17.9 Å². The standard InChI is InChI=1S/C12H15BrClN3O.ClH/c1-8-7-15-4-5-17(8)12(18)16-11-3-2-9(13)6-10(11)14;/h2-3,6,8,15H,4-5,7H2,1H3,(H,16,18);1H/t8-;/m0./s1. The molecule has 0 unspecified atom stereocenters. The first-order valence-corrected chi connectivity index (χ1v) is 6.98. The second-order valence-corrected chi connectivity index (χ2v) is 5.62. The van der Waals surface area contributed by atoms with Crippen molar-refractivity contribution in [3.05, 3.63) is 27.7 Å². The van der Waals surface area contributed by atoms with Crippen LogP contribution in [0.1, 0.15) is 6.92 Å². The van der Waals surface area contributed by atoms with E-state index in [0.717, 1.165) is 17.6 Å². The number of hydrogen-bond donors (Lipinski definition) is 2. The van der Waals surface area contributed by atoms with E-state index in [0.29, 0.717) is 17.3 Å². The van der Waals surface area contributed by atoms with Crippen LogP contribution in [0.5, 0.6) is 0 Å². The molecule has 1 aliphatic heterocycles. The molecule has 2 rings (SSSR count). The van der Waals surface area contributed by atoms with E-state index < -0.39 is 0 Å². The minimum Gasteiger partial charge on any atom is -0.319 e. The lowest BCUT2D eigenvalue weighted by Gasteiger charge is -2.33. The molecule has 1 fully saturated rings. The third kappa shape index (κ3) is 4.24. The summed E-state index contributed by atoms with van der Waals surface area (Å²) in [5.41, 5.74) is 0.635. The van der Waals surface area contributed by atoms with E-state index in [2.05, 4.69) is 26.6 Å². The van der Waals surface area contributed by atoms with Gasteiger partial charge in [0.25, 0.3) is 0 Å². The van der Waals surface area contributed by atoms with Gasteiger partial charge in [-0.3, -0.25) is 0 Å². The first-order valence-electron chi connectivity index (χ1n) is 5.81. The van der Waals surface area contributed by atoms with Gasteiger partial charge in [0.15, 0.2) is 0 Å². The number of nitrogens with one attached hydrogen (secondary N) is 2. The predicted molar refractivity (Wildman–Crippen MR) is 84.5 cm³/mol. The number of benzene rings is 1. The molecule has 1 aromatic rings. The summed E-state index contributed by atoms with van der Waals surface area (Å²) < 4.78 is 0.890. The van der Waals surface area contributed by atoms with Crippen molar-refractivity contribution in [3.8, 4) is 0 Å². The van der Waals surface area contributed by atoms with Crippen molar-refractivity contribution < 1.29 is 4.79 Å². The Kier molecular flexibility index (Phi) is 6.39. The lowest BCUT2D eigenvalue weighted by molar-refractivity contribution is 0.177. The van der Waals surface area contributed by atoms with Crippen molar-refractivity contribution in [1.29, 1.82) is 0 Å². The molecule has 106 valence electrons. The molecule has 2 amide bonds. The summed E-state index contributed by atoms with van der Waals surface area (Å²) >= 11 is 9.41. The van der Waals surface area contributed by atoms with E-state index in [4.69, 9.17) is 11.6 Å². The van der Waals surface area contributed by atoms with Gasteiger partial charge in [-0.05, 0) is 25.1 Å². The fraction of sp³-hybridized carbons (Fsp3) is 0.417. The third-order valence-corrected chi connectivity index (χ3v) is 3.74. The molecule has 0 spiro atoms. The maximum atomic E-state index is 12.1. The molecular weight excluding hydrogens is 353 g/mol. The van der Waals surface area contributed by atoms with Crippen LogP contribution in [-0.2, 0) is 0 Å². The van der Waals surface area contributed by atoms with Gasteiger partial charge in [-0.15, -0.1) is 12.4 Å². The second-order valence-electron chi connectivity index (χ2n) is 4.30. The molecule has 0 aromatic heterocycles. The maximum Gasteiger partial charge on any atom is 0.322 e. The number of hydrogen-bond acceptors (Lipinski definition) is 2. The summed E-state index contributed by atoms with van der Waals surface area (Å²) in [5, 5.41) is 6.62. The van der Waals surface area contributed by atoms with Gasteiger partial charge >= 0.3 is 6.03 Å². The number of anilines is 1. The summed E-state index contributed by atoms with van der Waals surface area (Å²) in [7, 11) is 0. The van der Waals surface area contributed by atoms with Gasteiger partial charge in [-0.1, -0.05) is 27.5 Å². The number of piperazine rings is 1. The minimum atomic E-state index is -0.103. The number of carbonyl (C=O) groups is 1. The van der Waals surface area contributed by atoms with Gasteiger partial charge in [-0.25, -0.2) is 4.79 Å². The van der Waals surface area contributed by atoms with E-state index in [9.17, 15) is 4.79 Å². The normalized spacial score (nSPS) is 18.7. The van der Waals surface area contributed by atoms with Crippen LogP contribution in [0.2, 0.25) is 5.02 Å². The van der Waals surface area contributed by atoms with Gasteiger partial charge in [0.1, 0.15) is 0 Å². The van der Waals surface area contributed by atoms with Crippen LogP contribution in [-0.4, -0.2) is 36.6 Å². The highest BCUT2D eigenvalue weighted by molar-refractivity contribution is 9.10. The Morgan fingerprint density at radius 1 is 1.58 bits per heavy atom. The Morgan fingerprint density at radius 3 is 2.95 bits per heavy atom. The second kappa shape index (κ2) is 7.33. The monoisotopic (exact) mass is 367 g/mol. The third-order valence-electron chi connectivity index (χ3n) is 2.93. The highest BCUT2D eigenvalue weighted by atomic mass is 79.9. The van der Waals surface area contributed by atoms with Gasteiger partial charge in [0, 0.05) is 30.1 Å². The molecule has 1 saturated heterocycles. The quantitative estimate of drug-likeness (QED) is 0.798. The first-order chi connectivity index (χ1) is 8.58. The summed E-state index contributed by atoms with van der Waals surface area (Å²) in [4.78, 5) is 13.9. The smallest absolute Gasteiger partial charge is 0.319 e. The molecule has 2 N–H and O–H groups in total. The van der Waals surface area contributed by atoms with Crippen LogP contribution in [0.3, 0.4) is 0 Å². The summed E-state index contributed by atoms with van der Waals surface area (Å²) in [5.74, 6) is 0. The Bertz CT molecular complexity index is 459. The Morgan fingerprint density at radius 2 is 2.32 bits per heavy atom. The van der Waals surface area contributed by atoms with E-state index in [1.165, 1.54) is 0 Å². The number of rotatable bonds is 1. The summed E-state index contributed by atoms with van der Waals surface area (Å²) in [6.45, 7) is 4.38. The van der Waals surface area contributed by atoms with Crippen molar-refractivity contribution in [2.45, 2.75) is 13.0 Å². The molecule has 1 heterocycles. The van der Waals surface area contributed by atoms with E-state index in [1.54, 1.807) is 12.1 Å². The van der Waals surface area contributed by atoms with Gasteiger partial charge in [-0.2, -0.15) is 0 Å². The minimum absolute atomic E-state index is 0. The average molecular weight is 369 g/mol. The zero-order valence-electron chi connectivity index (χ0n) is 10.5. The van der Waals surface area contributed by atoms with Gasteiger partial charge < -0.3 is 15.5 Å². The number of nitrogens with zero attached hydrogens (tertiary/aromatic N) is 1. The number of urea groups is 1. The number of halogens is 3. The molecule has 1 aliphatic rings. The van der Waals surface area contributed by atoms with Crippen molar-refractivity contribution >= 4 is 51.7 Å². The molecule has 0 saturated carbocycles. The molecule has 4 nitrogen and oxygen atoms in total. The fourth-order valence-corrected chi connectivity index (χ4v) is 2.64. The van der Waals surface area contributed by atoms with Gasteiger partial charge in [0.05, 0.1) is 10.7 Å².